The van der Waals surface area contributed by atoms with Gasteiger partial charge in [0.1, 0.15) is 5.82 Å². The zero-order valence-electron chi connectivity index (χ0n) is 17.9. The molecule has 3 aromatic rings. The van der Waals surface area contributed by atoms with E-state index in [0.717, 1.165) is 41.5 Å². The molecule has 3 heterocycles. The number of likely N-dealkylation sites (tertiary alicyclic amines) is 1. The van der Waals surface area contributed by atoms with Crippen molar-refractivity contribution in [2.75, 3.05) is 42.6 Å². The molecule has 1 aliphatic rings. The summed E-state index contributed by atoms with van der Waals surface area (Å²) < 4.78 is 13.5. The number of nitrogens with one attached hydrogen (secondary N) is 2. The zero-order valence-corrected chi connectivity index (χ0v) is 17.9. The number of fused-ring (bicyclic) bond motifs is 1. The van der Waals surface area contributed by atoms with E-state index in [0.29, 0.717) is 24.5 Å². The lowest BCUT2D eigenvalue weighted by atomic mass is 10.0. The molecule has 1 unspecified atom stereocenters. The van der Waals surface area contributed by atoms with Crippen LogP contribution in [0.15, 0.2) is 30.6 Å². The Morgan fingerprint density at radius 2 is 2.23 bits per heavy atom. The quantitative estimate of drug-likeness (QED) is 0.525. The Morgan fingerprint density at radius 3 is 3.00 bits per heavy atom. The minimum Gasteiger partial charge on any atom is -0.399 e. The molecule has 9 heteroatoms. The summed E-state index contributed by atoms with van der Waals surface area (Å²) in [6.45, 7) is 3.56. The number of rotatable bonds is 6. The summed E-state index contributed by atoms with van der Waals surface area (Å²) in [4.78, 5) is 21.4. The van der Waals surface area contributed by atoms with E-state index < -0.39 is 5.82 Å². The number of aryl methyl sites for hydroxylation is 1. The monoisotopic (exact) mass is 425 g/mol. The topological polar surface area (TPSA) is 103 Å². The van der Waals surface area contributed by atoms with Gasteiger partial charge in [0.15, 0.2) is 5.65 Å². The van der Waals surface area contributed by atoms with Crippen LogP contribution in [0.3, 0.4) is 0 Å². The Morgan fingerprint density at radius 1 is 1.39 bits per heavy atom. The number of aromatic nitrogens is 3. The molecule has 164 valence electrons. The van der Waals surface area contributed by atoms with E-state index in [2.05, 4.69) is 39.4 Å². The maximum atomic E-state index is 13.5. The lowest BCUT2D eigenvalue weighted by molar-refractivity contribution is -0.130. The van der Waals surface area contributed by atoms with Gasteiger partial charge < -0.3 is 20.9 Å². The molecule has 4 rings (SSSR count). The number of carbonyl (C=O) groups excluding carboxylic acids is 1. The van der Waals surface area contributed by atoms with Gasteiger partial charge in [-0.1, -0.05) is 6.92 Å². The van der Waals surface area contributed by atoms with Crippen LogP contribution in [0.2, 0.25) is 0 Å². The second kappa shape index (κ2) is 8.79. The van der Waals surface area contributed by atoms with Gasteiger partial charge in [0.05, 0.1) is 23.8 Å². The number of piperidine rings is 1. The third-order valence-electron chi connectivity index (χ3n) is 5.92. The van der Waals surface area contributed by atoms with Crippen LogP contribution >= 0.6 is 0 Å². The molecular weight excluding hydrogens is 397 g/mol. The van der Waals surface area contributed by atoms with Crippen molar-refractivity contribution in [3.05, 3.63) is 42.0 Å². The predicted octanol–water partition coefficient (Wildman–Crippen LogP) is 2.78. The molecule has 1 atom stereocenters. The van der Waals surface area contributed by atoms with Crippen LogP contribution < -0.4 is 16.0 Å². The first-order valence-electron chi connectivity index (χ1n) is 10.6. The second-order valence-electron chi connectivity index (χ2n) is 7.99. The fourth-order valence-electron chi connectivity index (χ4n) is 4.29. The summed E-state index contributed by atoms with van der Waals surface area (Å²) in [5, 5.41) is 11.1. The largest absolute Gasteiger partial charge is 0.399 e. The van der Waals surface area contributed by atoms with E-state index in [1.54, 1.807) is 6.07 Å². The van der Waals surface area contributed by atoms with Crippen molar-refractivity contribution >= 4 is 34.0 Å². The van der Waals surface area contributed by atoms with Crippen molar-refractivity contribution in [3.63, 3.8) is 0 Å². The molecule has 0 bridgehead atoms. The van der Waals surface area contributed by atoms with Gasteiger partial charge in [-0.15, -0.1) is 0 Å². The molecule has 1 aliphatic heterocycles. The number of amides is 1. The number of H-pyrrole nitrogens is 1. The molecule has 1 fully saturated rings. The van der Waals surface area contributed by atoms with E-state index in [1.807, 2.05) is 17.3 Å². The molecule has 1 amide bonds. The standard InChI is InChI=1S/C22H28FN7O/c1-3-14-10-26-22-19(11-27-28-22)21(14)29(2)18-5-4-6-30(13-18)20(31)12-25-17-8-15(23)7-16(24)9-17/h7-11,18,25H,3-6,12-13,24H2,1-2H3,(H,26,27,28). The molecule has 1 aromatic carbocycles. The lowest BCUT2D eigenvalue weighted by Crippen LogP contribution is -2.50. The Balaban J connectivity index is 1.46. The molecule has 0 spiro atoms. The Hall–Kier alpha value is -3.36. The number of carbonyl (C=O) groups is 1. The smallest absolute Gasteiger partial charge is 0.241 e. The van der Waals surface area contributed by atoms with Crippen molar-refractivity contribution in [2.45, 2.75) is 32.2 Å². The summed E-state index contributed by atoms with van der Waals surface area (Å²) >= 11 is 0. The fraction of sp³-hybridized carbons (Fsp3) is 0.409. The summed E-state index contributed by atoms with van der Waals surface area (Å²) in [5.41, 5.74) is 9.55. The number of hydrogen-bond acceptors (Lipinski definition) is 6. The molecule has 2 aromatic heterocycles. The Labute approximate surface area is 180 Å². The van der Waals surface area contributed by atoms with Crippen LogP contribution in [0.1, 0.15) is 25.3 Å². The van der Waals surface area contributed by atoms with Crippen molar-refractivity contribution in [3.8, 4) is 0 Å². The third-order valence-corrected chi connectivity index (χ3v) is 5.92. The summed E-state index contributed by atoms with van der Waals surface area (Å²) in [6, 6.07) is 4.39. The molecule has 4 N–H and O–H groups in total. The zero-order chi connectivity index (χ0) is 22.0. The maximum absolute atomic E-state index is 13.5. The van der Waals surface area contributed by atoms with Gasteiger partial charge in [-0.2, -0.15) is 5.10 Å². The third kappa shape index (κ3) is 4.40. The van der Waals surface area contributed by atoms with Gasteiger partial charge in [0.2, 0.25) is 5.91 Å². The van der Waals surface area contributed by atoms with E-state index in [1.165, 1.54) is 12.1 Å². The molecule has 31 heavy (non-hydrogen) atoms. The first-order chi connectivity index (χ1) is 15.0. The SMILES string of the molecule is CCc1cnc2[nH]ncc2c1N(C)C1CCCN(C(=O)CNc2cc(N)cc(F)c2)C1. The predicted molar refractivity (Wildman–Crippen MR) is 121 cm³/mol. The van der Waals surface area contributed by atoms with Crippen LogP contribution in [-0.2, 0) is 11.2 Å². The second-order valence-corrected chi connectivity index (χ2v) is 7.99. The van der Waals surface area contributed by atoms with E-state index in [4.69, 9.17) is 5.73 Å². The maximum Gasteiger partial charge on any atom is 0.241 e. The van der Waals surface area contributed by atoms with E-state index >= 15 is 0 Å². The van der Waals surface area contributed by atoms with Crippen LogP contribution in [0.4, 0.5) is 21.5 Å². The van der Waals surface area contributed by atoms with Gasteiger partial charge in [-0.05, 0) is 43.0 Å². The number of anilines is 3. The first-order valence-corrected chi connectivity index (χ1v) is 10.6. The number of aromatic amines is 1. The summed E-state index contributed by atoms with van der Waals surface area (Å²) in [5.74, 6) is -0.441. The number of hydrogen-bond donors (Lipinski definition) is 3. The molecule has 0 aliphatic carbocycles. The van der Waals surface area contributed by atoms with Gasteiger partial charge in [0.25, 0.3) is 0 Å². The summed E-state index contributed by atoms with van der Waals surface area (Å²) in [6.07, 6.45) is 6.50. The van der Waals surface area contributed by atoms with Crippen molar-refractivity contribution in [1.82, 2.24) is 20.1 Å². The molecular formula is C22H28FN7O. The highest BCUT2D eigenvalue weighted by atomic mass is 19.1. The number of nitrogen functional groups attached to an aromatic ring is 1. The number of halogens is 1. The van der Waals surface area contributed by atoms with Gasteiger partial charge >= 0.3 is 0 Å². The normalized spacial score (nSPS) is 16.5. The van der Waals surface area contributed by atoms with Gasteiger partial charge in [-0.3, -0.25) is 9.89 Å². The number of benzene rings is 1. The van der Waals surface area contributed by atoms with Crippen molar-refractivity contribution < 1.29 is 9.18 Å². The van der Waals surface area contributed by atoms with Gasteiger partial charge in [0, 0.05) is 43.8 Å². The Bertz CT molecular complexity index is 1060. The van der Waals surface area contributed by atoms with Crippen molar-refractivity contribution in [2.24, 2.45) is 0 Å². The fourth-order valence-corrected chi connectivity index (χ4v) is 4.29. The molecule has 1 saturated heterocycles. The number of nitrogens with zero attached hydrogens (tertiary/aromatic N) is 4. The Kier molecular flexibility index (Phi) is 5.92. The van der Waals surface area contributed by atoms with E-state index in [-0.39, 0.29) is 18.5 Å². The highest BCUT2D eigenvalue weighted by molar-refractivity contribution is 5.91. The average molecular weight is 426 g/mol. The molecule has 0 saturated carbocycles. The number of likely N-dealkylation sites (N-methyl/N-ethyl adjacent to an activating group) is 1. The average Bonchev–Trinajstić information content (AvgIpc) is 3.24. The van der Waals surface area contributed by atoms with Crippen LogP contribution in [0.25, 0.3) is 11.0 Å². The van der Waals surface area contributed by atoms with Crippen LogP contribution in [-0.4, -0.2) is 58.7 Å². The highest BCUT2D eigenvalue weighted by Crippen LogP contribution is 2.31. The minimum atomic E-state index is -0.427. The number of pyridine rings is 1. The molecule has 8 nitrogen and oxygen atoms in total. The first kappa shape index (κ1) is 20.9. The summed E-state index contributed by atoms with van der Waals surface area (Å²) in [7, 11) is 2.08. The minimum absolute atomic E-state index is 0.0140. The van der Waals surface area contributed by atoms with Crippen LogP contribution in [0.5, 0.6) is 0 Å². The van der Waals surface area contributed by atoms with Crippen molar-refractivity contribution in [1.29, 1.82) is 0 Å². The van der Waals surface area contributed by atoms with Crippen LogP contribution in [0, 0.1) is 5.82 Å². The molecule has 0 radical (unpaired) electrons. The van der Waals surface area contributed by atoms with Gasteiger partial charge in [-0.25, -0.2) is 9.37 Å². The van der Waals surface area contributed by atoms with E-state index in [9.17, 15) is 9.18 Å². The number of nitrogens with two attached hydrogens (primary N) is 1. The lowest BCUT2D eigenvalue weighted by Gasteiger charge is -2.39. The highest BCUT2D eigenvalue weighted by Gasteiger charge is 2.28.